The maximum Gasteiger partial charge on any atom is 0.248 e. The lowest BCUT2D eigenvalue weighted by atomic mass is 10.0. The van der Waals surface area contributed by atoms with Gasteiger partial charge < -0.3 is 11.1 Å². The molecule has 0 fully saturated rings. The molecule has 0 aliphatic heterocycles. The van der Waals surface area contributed by atoms with E-state index in [0.29, 0.717) is 18.7 Å². The Morgan fingerprint density at radius 1 is 1.20 bits per heavy atom. The topological polar surface area (TPSA) is 55.1 Å². The van der Waals surface area contributed by atoms with Crippen molar-refractivity contribution in [1.29, 1.82) is 0 Å². The van der Waals surface area contributed by atoms with Crippen molar-refractivity contribution in [2.45, 2.75) is 20.0 Å². The Morgan fingerprint density at radius 2 is 2.00 bits per heavy atom. The summed E-state index contributed by atoms with van der Waals surface area (Å²) in [6, 6.07) is 11.9. The molecule has 0 radical (unpaired) electrons. The average Bonchev–Trinajstić information content (AvgIpc) is 2.40. The van der Waals surface area contributed by atoms with E-state index in [1.54, 1.807) is 18.2 Å². The zero-order valence-corrected chi connectivity index (χ0v) is 11.3. The van der Waals surface area contributed by atoms with Gasteiger partial charge >= 0.3 is 0 Å². The summed E-state index contributed by atoms with van der Waals surface area (Å²) < 4.78 is 13.0. The highest BCUT2D eigenvalue weighted by Gasteiger charge is 2.04. The number of benzene rings is 2. The lowest BCUT2D eigenvalue weighted by Crippen LogP contribution is -2.15. The smallest absolute Gasteiger partial charge is 0.248 e. The van der Waals surface area contributed by atoms with E-state index >= 15 is 0 Å². The van der Waals surface area contributed by atoms with Gasteiger partial charge in [0.1, 0.15) is 5.82 Å². The standard InChI is InChI=1S/C16H17FN2O/c1-11-7-13(16(18)20)5-6-14(11)10-19-9-12-3-2-4-15(17)8-12/h2-8,19H,9-10H2,1H3,(H2,18,20). The second-order valence-electron chi connectivity index (χ2n) is 4.74. The molecule has 0 spiro atoms. The molecule has 20 heavy (non-hydrogen) atoms. The number of aryl methyl sites for hydroxylation is 1. The first-order chi connectivity index (χ1) is 9.56. The van der Waals surface area contributed by atoms with Gasteiger partial charge in [-0.15, -0.1) is 0 Å². The molecule has 0 saturated heterocycles. The summed E-state index contributed by atoms with van der Waals surface area (Å²) in [4.78, 5) is 11.1. The summed E-state index contributed by atoms with van der Waals surface area (Å²) in [5.74, 6) is -0.654. The molecule has 0 unspecified atom stereocenters. The van der Waals surface area contributed by atoms with Crippen molar-refractivity contribution >= 4 is 5.91 Å². The molecule has 0 atom stereocenters. The van der Waals surface area contributed by atoms with Gasteiger partial charge in [-0.25, -0.2) is 4.39 Å². The average molecular weight is 272 g/mol. The van der Waals surface area contributed by atoms with Crippen LogP contribution in [-0.4, -0.2) is 5.91 Å². The van der Waals surface area contributed by atoms with Crippen LogP contribution in [0.2, 0.25) is 0 Å². The van der Waals surface area contributed by atoms with Gasteiger partial charge in [0.2, 0.25) is 5.91 Å². The third-order valence-electron chi connectivity index (χ3n) is 3.16. The van der Waals surface area contributed by atoms with Crippen LogP contribution in [0, 0.1) is 12.7 Å². The number of nitrogens with one attached hydrogen (secondary N) is 1. The van der Waals surface area contributed by atoms with Gasteiger partial charge in [-0.1, -0.05) is 18.2 Å². The van der Waals surface area contributed by atoms with Crippen LogP contribution < -0.4 is 11.1 Å². The highest BCUT2D eigenvalue weighted by atomic mass is 19.1. The van der Waals surface area contributed by atoms with Crippen LogP contribution in [0.25, 0.3) is 0 Å². The fourth-order valence-electron chi connectivity index (χ4n) is 2.04. The van der Waals surface area contributed by atoms with E-state index in [-0.39, 0.29) is 5.82 Å². The van der Waals surface area contributed by atoms with Crippen LogP contribution in [0.4, 0.5) is 4.39 Å². The van der Waals surface area contributed by atoms with Crippen molar-refractivity contribution in [3.63, 3.8) is 0 Å². The SMILES string of the molecule is Cc1cc(C(N)=O)ccc1CNCc1cccc(F)c1. The maximum atomic E-state index is 13.0. The highest BCUT2D eigenvalue weighted by Crippen LogP contribution is 2.11. The lowest BCUT2D eigenvalue weighted by Gasteiger charge is -2.09. The summed E-state index contributed by atoms with van der Waals surface area (Å²) in [7, 11) is 0. The predicted octanol–water partition coefficient (Wildman–Crippen LogP) is 2.52. The molecule has 1 amide bonds. The maximum absolute atomic E-state index is 13.0. The summed E-state index contributed by atoms with van der Waals surface area (Å²) >= 11 is 0. The summed E-state index contributed by atoms with van der Waals surface area (Å²) in [5.41, 5.74) is 8.74. The molecule has 0 aromatic heterocycles. The number of primary amides is 1. The molecular formula is C16H17FN2O. The van der Waals surface area contributed by atoms with Gasteiger partial charge in [-0.3, -0.25) is 4.79 Å². The molecule has 2 rings (SSSR count). The van der Waals surface area contributed by atoms with Crippen LogP contribution in [0.1, 0.15) is 27.0 Å². The molecule has 3 nitrogen and oxygen atoms in total. The molecule has 4 heteroatoms. The number of hydrogen-bond acceptors (Lipinski definition) is 2. The monoisotopic (exact) mass is 272 g/mol. The summed E-state index contributed by atoms with van der Waals surface area (Å²) in [6.07, 6.45) is 0. The molecule has 104 valence electrons. The third-order valence-corrected chi connectivity index (χ3v) is 3.16. The first-order valence-corrected chi connectivity index (χ1v) is 6.41. The number of rotatable bonds is 5. The normalized spacial score (nSPS) is 10.5. The summed E-state index contributed by atoms with van der Waals surface area (Å²) in [6.45, 7) is 3.18. The van der Waals surface area contributed by atoms with Crippen molar-refractivity contribution in [1.82, 2.24) is 5.32 Å². The lowest BCUT2D eigenvalue weighted by molar-refractivity contribution is 0.1000. The predicted molar refractivity (Wildman–Crippen MR) is 76.6 cm³/mol. The molecule has 0 aliphatic carbocycles. The molecule has 3 N–H and O–H groups in total. The highest BCUT2D eigenvalue weighted by molar-refractivity contribution is 5.93. The Labute approximate surface area is 117 Å². The number of carbonyl (C=O) groups excluding carboxylic acids is 1. The van der Waals surface area contributed by atoms with Crippen LogP contribution in [-0.2, 0) is 13.1 Å². The molecular weight excluding hydrogens is 255 g/mol. The number of carbonyl (C=O) groups is 1. The van der Waals surface area contributed by atoms with Gasteiger partial charge in [0.05, 0.1) is 0 Å². The fraction of sp³-hybridized carbons (Fsp3) is 0.188. The number of amides is 1. The van der Waals surface area contributed by atoms with Crippen LogP contribution in [0.5, 0.6) is 0 Å². The van der Waals surface area contributed by atoms with Gasteiger partial charge in [0, 0.05) is 18.7 Å². The number of halogens is 1. The zero-order valence-electron chi connectivity index (χ0n) is 11.3. The minimum Gasteiger partial charge on any atom is -0.366 e. The van der Waals surface area contributed by atoms with E-state index in [9.17, 15) is 9.18 Å². The Morgan fingerprint density at radius 3 is 2.65 bits per heavy atom. The minimum atomic E-state index is -0.424. The van der Waals surface area contributed by atoms with Gasteiger partial charge in [0.25, 0.3) is 0 Å². The van der Waals surface area contributed by atoms with E-state index in [0.717, 1.165) is 16.7 Å². The Balaban J connectivity index is 1.96. The third kappa shape index (κ3) is 3.65. The Hall–Kier alpha value is -2.20. The molecule has 0 saturated carbocycles. The van der Waals surface area contributed by atoms with E-state index in [1.165, 1.54) is 12.1 Å². The van der Waals surface area contributed by atoms with Gasteiger partial charge in [-0.05, 0) is 47.9 Å². The van der Waals surface area contributed by atoms with Crippen molar-refractivity contribution in [2.75, 3.05) is 0 Å². The van der Waals surface area contributed by atoms with E-state index in [2.05, 4.69) is 5.32 Å². The molecule has 2 aromatic rings. The van der Waals surface area contributed by atoms with Crippen molar-refractivity contribution in [3.05, 3.63) is 70.5 Å². The second-order valence-corrected chi connectivity index (χ2v) is 4.74. The number of nitrogens with two attached hydrogens (primary N) is 1. The van der Waals surface area contributed by atoms with Gasteiger partial charge in [0.15, 0.2) is 0 Å². The minimum absolute atomic E-state index is 0.230. The van der Waals surface area contributed by atoms with E-state index in [1.807, 2.05) is 19.1 Å². The second kappa shape index (κ2) is 6.30. The zero-order chi connectivity index (χ0) is 14.5. The van der Waals surface area contributed by atoms with E-state index < -0.39 is 5.91 Å². The first kappa shape index (κ1) is 14.2. The number of hydrogen-bond donors (Lipinski definition) is 2. The Bertz CT molecular complexity index is 626. The van der Waals surface area contributed by atoms with Crippen molar-refractivity contribution in [2.24, 2.45) is 5.73 Å². The molecule has 0 heterocycles. The first-order valence-electron chi connectivity index (χ1n) is 6.41. The van der Waals surface area contributed by atoms with Crippen molar-refractivity contribution in [3.8, 4) is 0 Å². The molecule has 0 bridgehead atoms. The van der Waals surface area contributed by atoms with Crippen LogP contribution in [0.15, 0.2) is 42.5 Å². The Kier molecular flexibility index (Phi) is 4.48. The fourth-order valence-corrected chi connectivity index (χ4v) is 2.04. The van der Waals surface area contributed by atoms with Crippen LogP contribution >= 0.6 is 0 Å². The van der Waals surface area contributed by atoms with Crippen LogP contribution in [0.3, 0.4) is 0 Å². The van der Waals surface area contributed by atoms with Gasteiger partial charge in [-0.2, -0.15) is 0 Å². The summed E-state index contributed by atoms with van der Waals surface area (Å²) in [5, 5.41) is 3.25. The van der Waals surface area contributed by atoms with E-state index in [4.69, 9.17) is 5.73 Å². The largest absolute Gasteiger partial charge is 0.366 e. The quantitative estimate of drug-likeness (QED) is 0.878. The molecule has 0 aliphatic rings. The molecule has 2 aromatic carbocycles. The van der Waals surface area contributed by atoms with Crippen molar-refractivity contribution < 1.29 is 9.18 Å².